The van der Waals surface area contributed by atoms with Crippen molar-refractivity contribution in [3.05, 3.63) is 65.9 Å². The molecule has 0 N–H and O–H groups in total. The predicted molar refractivity (Wildman–Crippen MR) is 81.9 cm³/mol. The Kier molecular flexibility index (Phi) is 3.07. The lowest BCUT2D eigenvalue weighted by molar-refractivity contribution is 0.101. The smallest absolute Gasteiger partial charge is 0.159 e. The monoisotopic (exact) mass is 261 g/mol. The molecule has 3 aromatic rings. The Hall–Kier alpha value is -2.48. The van der Waals surface area contributed by atoms with Gasteiger partial charge in [0.2, 0.25) is 0 Å². The molecule has 1 heterocycles. The van der Waals surface area contributed by atoms with E-state index in [9.17, 15) is 4.79 Å². The molecule has 0 saturated heterocycles. The highest BCUT2D eigenvalue weighted by molar-refractivity contribution is 5.95. The van der Waals surface area contributed by atoms with Gasteiger partial charge in [-0.2, -0.15) is 0 Å². The summed E-state index contributed by atoms with van der Waals surface area (Å²) in [6, 6.07) is 18.0. The molecule has 0 radical (unpaired) electrons. The van der Waals surface area contributed by atoms with Crippen molar-refractivity contribution in [2.24, 2.45) is 0 Å². The Bertz CT molecular complexity index is 805. The van der Waals surface area contributed by atoms with Crippen molar-refractivity contribution in [1.82, 2.24) is 4.98 Å². The van der Waals surface area contributed by atoms with Gasteiger partial charge in [0.05, 0.1) is 5.52 Å². The fraction of sp³-hybridized carbons (Fsp3) is 0.111. The summed E-state index contributed by atoms with van der Waals surface area (Å²) < 4.78 is 0. The van der Waals surface area contributed by atoms with E-state index in [1.807, 2.05) is 49.4 Å². The highest BCUT2D eigenvalue weighted by Gasteiger charge is 2.04. The van der Waals surface area contributed by atoms with E-state index in [1.54, 1.807) is 6.92 Å². The zero-order valence-electron chi connectivity index (χ0n) is 11.6. The highest BCUT2D eigenvalue weighted by Crippen LogP contribution is 2.24. The van der Waals surface area contributed by atoms with Gasteiger partial charge in [0.25, 0.3) is 0 Å². The van der Waals surface area contributed by atoms with Gasteiger partial charge in [-0.05, 0) is 49.2 Å². The second kappa shape index (κ2) is 4.89. The zero-order valence-corrected chi connectivity index (χ0v) is 11.6. The number of Topliss-reactive ketones (excluding diaryl/α,β-unsaturated/α-hetero) is 1. The predicted octanol–water partition coefficient (Wildman–Crippen LogP) is 4.41. The van der Waals surface area contributed by atoms with E-state index in [2.05, 4.69) is 17.1 Å². The van der Waals surface area contributed by atoms with Crippen LogP contribution in [0.4, 0.5) is 0 Å². The molecule has 0 spiro atoms. The van der Waals surface area contributed by atoms with E-state index in [1.165, 1.54) is 0 Å². The maximum absolute atomic E-state index is 11.5. The van der Waals surface area contributed by atoms with Gasteiger partial charge in [0.1, 0.15) is 0 Å². The van der Waals surface area contributed by atoms with E-state index < -0.39 is 0 Å². The molecule has 1 aromatic heterocycles. The summed E-state index contributed by atoms with van der Waals surface area (Å²) in [5, 5.41) is 1.11. The van der Waals surface area contributed by atoms with Gasteiger partial charge < -0.3 is 0 Å². The third-order valence-electron chi connectivity index (χ3n) is 3.43. The summed E-state index contributed by atoms with van der Waals surface area (Å²) in [6.45, 7) is 3.58. The molecule has 0 bridgehead atoms. The van der Waals surface area contributed by atoms with Gasteiger partial charge in [0, 0.05) is 16.6 Å². The third kappa shape index (κ3) is 2.32. The first-order chi connectivity index (χ1) is 9.63. The molecule has 0 fully saturated rings. The van der Waals surface area contributed by atoms with E-state index in [0.717, 1.165) is 33.3 Å². The lowest BCUT2D eigenvalue weighted by atomic mass is 10.00. The number of hydrogen-bond acceptors (Lipinski definition) is 2. The quantitative estimate of drug-likeness (QED) is 0.639. The van der Waals surface area contributed by atoms with E-state index in [4.69, 9.17) is 0 Å². The van der Waals surface area contributed by atoms with Crippen LogP contribution < -0.4 is 0 Å². The number of nitrogens with zero attached hydrogens (tertiary/aromatic N) is 1. The van der Waals surface area contributed by atoms with Crippen LogP contribution in [-0.2, 0) is 0 Å². The minimum atomic E-state index is 0.0879. The Balaban J connectivity index is 2.12. The second-order valence-electron chi connectivity index (χ2n) is 5.00. The van der Waals surface area contributed by atoms with Crippen LogP contribution in [0.15, 0.2) is 54.6 Å². The number of fused-ring (bicyclic) bond motifs is 1. The van der Waals surface area contributed by atoms with Crippen LogP contribution in [0.2, 0.25) is 0 Å². The lowest BCUT2D eigenvalue weighted by Gasteiger charge is -2.06. The molecular weight excluding hydrogens is 246 g/mol. The molecule has 0 saturated carbocycles. The maximum atomic E-state index is 11.5. The molecule has 0 aliphatic carbocycles. The van der Waals surface area contributed by atoms with Crippen molar-refractivity contribution in [1.29, 1.82) is 0 Å². The van der Waals surface area contributed by atoms with Crippen LogP contribution in [0, 0.1) is 6.92 Å². The Morgan fingerprint density at radius 3 is 2.55 bits per heavy atom. The molecular formula is C18H15NO. The molecule has 0 aliphatic heterocycles. The second-order valence-corrected chi connectivity index (χ2v) is 5.00. The standard InChI is InChI=1S/C18H15NO/c1-12-6-7-17-11-16(8-9-18(17)19-12)15-5-3-4-14(10-15)13(2)20/h3-11H,1-2H3. The Labute approximate surface area is 118 Å². The molecule has 20 heavy (non-hydrogen) atoms. The number of benzene rings is 2. The van der Waals surface area contributed by atoms with Gasteiger partial charge in [-0.1, -0.05) is 30.3 Å². The minimum absolute atomic E-state index is 0.0879. The molecule has 0 amide bonds. The normalized spacial score (nSPS) is 10.7. The largest absolute Gasteiger partial charge is 0.295 e. The number of hydrogen-bond donors (Lipinski definition) is 0. The number of carbonyl (C=O) groups is 1. The number of carbonyl (C=O) groups excluding carboxylic acids is 1. The fourth-order valence-corrected chi connectivity index (χ4v) is 2.32. The first-order valence-corrected chi connectivity index (χ1v) is 6.62. The molecule has 3 rings (SSSR count). The molecule has 98 valence electrons. The van der Waals surface area contributed by atoms with Crippen LogP contribution in [0.3, 0.4) is 0 Å². The summed E-state index contributed by atoms with van der Waals surface area (Å²) in [7, 11) is 0. The zero-order chi connectivity index (χ0) is 14.1. The first-order valence-electron chi connectivity index (χ1n) is 6.62. The van der Waals surface area contributed by atoms with E-state index >= 15 is 0 Å². The molecule has 0 unspecified atom stereocenters. The summed E-state index contributed by atoms with van der Waals surface area (Å²) in [5.74, 6) is 0.0879. The van der Waals surface area contributed by atoms with Crippen molar-refractivity contribution in [3.63, 3.8) is 0 Å². The van der Waals surface area contributed by atoms with Crippen molar-refractivity contribution in [3.8, 4) is 11.1 Å². The SMILES string of the molecule is CC(=O)c1cccc(-c2ccc3nc(C)ccc3c2)c1. The molecule has 0 atom stereocenters. The minimum Gasteiger partial charge on any atom is -0.295 e. The summed E-state index contributed by atoms with van der Waals surface area (Å²) in [4.78, 5) is 16.0. The molecule has 2 heteroatoms. The number of aromatic nitrogens is 1. The summed E-state index contributed by atoms with van der Waals surface area (Å²) in [5.41, 5.74) is 4.91. The average Bonchev–Trinajstić information content (AvgIpc) is 2.47. The molecule has 2 aromatic carbocycles. The molecule has 2 nitrogen and oxygen atoms in total. The Morgan fingerprint density at radius 1 is 0.950 bits per heavy atom. The highest BCUT2D eigenvalue weighted by atomic mass is 16.1. The van der Waals surface area contributed by atoms with Crippen molar-refractivity contribution in [2.75, 3.05) is 0 Å². The van der Waals surface area contributed by atoms with E-state index in [0.29, 0.717) is 0 Å². The van der Waals surface area contributed by atoms with Gasteiger partial charge in [-0.3, -0.25) is 9.78 Å². The number of aryl methyl sites for hydroxylation is 1. The van der Waals surface area contributed by atoms with Gasteiger partial charge in [-0.15, -0.1) is 0 Å². The number of rotatable bonds is 2. The maximum Gasteiger partial charge on any atom is 0.159 e. The van der Waals surface area contributed by atoms with Crippen LogP contribution in [0.25, 0.3) is 22.0 Å². The fourth-order valence-electron chi connectivity index (χ4n) is 2.32. The van der Waals surface area contributed by atoms with Crippen molar-refractivity contribution < 1.29 is 4.79 Å². The summed E-state index contributed by atoms with van der Waals surface area (Å²) in [6.07, 6.45) is 0. The van der Waals surface area contributed by atoms with E-state index in [-0.39, 0.29) is 5.78 Å². The van der Waals surface area contributed by atoms with Gasteiger partial charge >= 0.3 is 0 Å². The average molecular weight is 261 g/mol. The third-order valence-corrected chi connectivity index (χ3v) is 3.43. The van der Waals surface area contributed by atoms with Gasteiger partial charge in [-0.25, -0.2) is 0 Å². The lowest BCUT2D eigenvalue weighted by Crippen LogP contribution is -1.92. The summed E-state index contributed by atoms with van der Waals surface area (Å²) >= 11 is 0. The van der Waals surface area contributed by atoms with Crippen LogP contribution in [0.1, 0.15) is 23.0 Å². The number of ketones is 1. The van der Waals surface area contributed by atoms with Gasteiger partial charge in [0.15, 0.2) is 5.78 Å². The Morgan fingerprint density at radius 2 is 1.75 bits per heavy atom. The van der Waals surface area contributed by atoms with Crippen LogP contribution >= 0.6 is 0 Å². The van der Waals surface area contributed by atoms with Crippen LogP contribution in [0.5, 0.6) is 0 Å². The first kappa shape index (κ1) is 12.5. The number of pyridine rings is 1. The van der Waals surface area contributed by atoms with Crippen molar-refractivity contribution >= 4 is 16.7 Å². The van der Waals surface area contributed by atoms with Crippen molar-refractivity contribution in [2.45, 2.75) is 13.8 Å². The molecule has 0 aliphatic rings. The van der Waals surface area contributed by atoms with Crippen LogP contribution in [-0.4, -0.2) is 10.8 Å². The topological polar surface area (TPSA) is 30.0 Å².